The summed E-state index contributed by atoms with van der Waals surface area (Å²) < 4.78 is 0. The maximum atomic E-state index is 13.0. The monoisotopic (exact) mass is 514 g/mol. The van der Waals surface area contributed by atoms with Gasteiger partial charge in [-0.05, 0) is 30.8 Å². The molecule has 8 N–H and O–H groups in total. The lowest BCUT2D eigenvalue weighted by Crippen LogP contribution is -2.58. The average Bonchev–Trinajstić information content (AvgIpc) is 3.30. The summed E-state index contributed by atoms with van der Waals surface area (Å²) in [6.45, 7) is 3.25. The number of aliphatic carboxylic acids is 2. The van der Waals surface area contributed by atoms with Crippen LogP contribution in [0.25, 0.3) is 0 Å². The first-order valence-electron chi connectivity index (χ1n) is 11.0. The first-order chi connectivity index (χ1) is 16.5. The molecule has 0 fully saturated rings. The van der Waals surface area contributed by atoms with Crippen LogP contribution < -0.4 is 21.7 Å². The van der Waals surface area contributed by atoms with E-state index in [1.54, 1.807) is 13.8 Å². The van der Waals surface area contributed by atoms with Crippen LogP contribution in [0.1, 0.15) is 38.8 Å². The van der Waals surface area contributed by atoms with E-state index < -0.39 is 66.2 Å². The molecule has 1 aromatic rings. The zero-order valence-corrected chi connectivity index (χ0v) is 20.8. The average molecular weight is 515 g/mol. The molecular weight excluding hydrogens is 480 g/mol. The standard InChI is InChI=1S/C21H34N6O7S/c1-11(2)17(21(33)34)27-20(32)15(8-12-9-23-10-24-12)26-19(31)14(4-5-16(28)29)25-18(30)13(22)6-7-35-3/h9-11,13-15,17H,4-8,22H2,1-3H3,(H,23,24)(H,25,30)(H,26,31)(H,27,32)(H,28,29)(H,33,34). The molecule has 196 valence electrons. The van der Waals surface area contributed by atoms with Gasteiger partial charge in [0.15, 0.2) is 0 Å². The lowest BCUT2D eigenvalue weighted by atomic mass is 10.0. The lowest BCUT2D eigenvalue weighted by Gasteiger charge is -2.25. The summed E-state index contributed by atoms with van der Waals surface area (Å²) in [6.07, 6.45) is 4.34. The maximum absolute atomic E-state index is 13.0. The number of rotatable bonds is 16. The number of aromatic amines is 1. The van der Waals surface area contributed by atoms with Crippen LogP contribution in [0.2, 0.25) is 0 Å². The van der Waals surface area contributed by atoms with Crippen molar-refractivity contribution < 1.29 is 34.2 Å². The summed E-state index contributed by atoms with van der Waals surface area (Å²) in [7, 11) is 0. The van der Waals surface area contributed by atoms with Gasteiger partial charge in [-0.2, -0.15) is 11.8 Å². The van der Waals surface area contributed by atoms with E-state index in [4.69, 9.17) is 10.8 Å². The van der Waals surface area contributed by atoms with Crippen molar-refractivity contribution in [3.63, 3.8) is 0 Å². The molecule has 0 aromatic carbocycles. The van der Waals surface area contributed by atoms with E-state index in [0.717, 1.165) is 0 Å². The second kappa shape index (κ2) is 15.0. The Morgan fingerprint density at radius 3 is 2.17 bits per heavy atom. The molecule has 13 nitrogen and oxygen atoms in total. The fraction of sp³-hybridized carbons (Fsp3) is 0.619. The van der Waals surface area contributed by atoms with Gasteiger partial charge in [-0.3, -0.25) is 19.2 Å². The third kappa shape index (κ3) is 10.8. The van der Waals surface area contributed by atoms with Crippen molar-refractivity contribution in [3.05, 3.63) is 18.2 Å². The third-order valence-corrected chi connectivity index (χ3v) is 5.74. The first-order valence-corrected chi connectivity index (χ1v) is 12.4. The van der Waals surface area contributed by atoms with Crippen LogP contribution in [0.5, 0.6) is 0 Å². The quantitative estimate of drug-likeness (QED) is 0.144. The molecule has 0 spiro atoms. The summed E-state index contributed by atoms with van der Waals surface area (Å²) in [6, 6.07) is -4.58. The first kappa shape index (κ1) is 29.9. The molecule has 1 heterocycles. The number of carboxylic acid groups (broad SMARTS) is 2. The Bertz CT molecular complexity index is 864. The predicted molar refractivity (Wildman–Crippen MR) is 128 cm³/mol. The number of imidazole rings is 1. The highest BCUT2D eigenvalue weighted by Crippen LogP contribution is 2.07. The Balaban J connectivity index is 3.06. The largest absolute Gasteiger partial charge is 0.481 e. The van der Waals surface area contributed by atoms with E-state index >= 15 is 0 Å². The Kier molecular flexibility index (Phi) is 12.8. The highest BCUT2D eigenvalue weighted by molar-refractivity contribution is 7.98. The molecule has 0 aliphatic rings. The van der Waals surface area contributed by atoms with Gasteiger partial charge in [0.25, 0.3) is 0 Å². The minimum Gasteiger partial charge on any atom is -0.481 e. The van der Waals surface area contributed by atoms with Gasteiger partial charge in [0.1, 0.15) is 18.1 Å². The number of hydrogen-bond acceptors (Lipinski definition) is 8. The van der Waals surface area contributed by atoms with E-state index in [-0.39, 0.29) is 12.8 Å². The van der Waals surface area contributed by atoms with Gasteiger partial charge in [0.05, 0.1) is 12.4 Å². The van der Waals surface area contributed by atoms with Crippen molar-refractivity contribution in [2.45, 2.75) is 63.7 Å². The number of aromatic nitrogens is 2. The number of nitrogens with one attached hydrogen (secondary N) is 4. The van der Waals surface area contributed by atoms with Crippen LogP contribution in [-0.2, 0) is 30.4 Å². The molecule has 0 radical (unpaired) electrons. The third-order valence-electron chi connectivity index (χ3n) is 5.09. The Hall–Kier alpha value is -3.13. The molecule has 4 unspecified atom stereocenters. The smallest absolute Gasteiger partial charge is 0.326 e. The topological polar surface area (TPSA) is 217 Å². The van der Waals surface area contributed by atoms with E-state index in [1.165, 1.54) is 24.3 Å². The summed E-state index contributed by atoms with van der Waals surface area (Å²) in [4.78, 5) is 67.7. The number of thioether (sulfide) groups is 1. The maximum Gasteiger partial charge on any atom is 0.326 e. The number of amides is 3. The van der Waals surface area contributed by atoms with Gasteiger partial charge >= 0.3 is 11.9 Å². The van der Waals surface area contributed by atoms with Crippen molar-refractivity contribution in [3.8, 4) is 0 Å². The second-order valence-corrected chi connectivity index (χ2v) is 9.28. The molecule has 1 rings (SSSR count). The second-order valence-electron chi connectivity index (χ2n) is 8.29. The Morgan fingerprint density at radius 2 is 1.66 bits per heavy atom. The lowest BCUT2D eigenvalue weighted by molar-refractivity contribution is -0.143. The van der Waals surface area contributed by atoms with Crippen LogP contribution in [-0.4, -0.2) is 86.0 Å². The van der Waals surface area contributed by atoms with Crippen LogP contribution in [0, 0.1) is 5.92 Å². The number of H-pyrrole nitrogens is 1. The predicted octanol–water partition coefficient (Wildman–Crippen LogP) is -0.908. The molecule has 0 saturated heterocycles. The zero-order valence-electron chi connectivity index (χ0n) is 19.9. The van der Waals surface area contributed by atoms with Gasteiger partial charge < -0.3 is 36.9 Å². The molecule has 0 saturated carbocycles. The fourth-order valence-corrected chi connectivity index (χ4v) is 3.55. The van der Waals surface area contributed by atoms with Crippen molar-refractivity contribution in [1.82, 2.24) is 25.9 Å². The number of carbonyl (C=O) groups is 5. The van der Waals surface area contributed by atoms with Crippen LogP contribution in [0.3, 0.4) is 0 Å². The van der Waals surface area contributed by atoms with Crippen LogP contribution in [0.15, 0.2) is 12.5 Å². The van der Waals surface area contributed by atoms with Crippen molar-refractivity contribution in [2.75, 3.05) is 12.0 Å². The molecule has 0 bridgehead atoms. The van der Waals surface area contributed by atoms with Crippen LogP contribution in [0.4, 0.5) is 0 Å². The van der Waals surface area contributed by atoms with Gasteiger partial charge in [-0.25, -0.2) is 9.78 Å². The summed E-state index contributed by atoms with van der Waals surface area (Å²) in [5.41, 5.74) is 6.35. The molecular formula is C21H34N6O7S. The molecule has 14 heteroatoms. The van der Waals surface area contributed by atoms with Gasteiger partial charge in [-0.1, -0.05) is 13.8 Å². The van der Waals surface area contributed by atoms with Gasteiger partial charge in [0.2, 0.25) is 17.7 Å². The zero-order chi connectivity index (χ0) is 26.5. The van der Waals surface area contributed by atoms with E-state index in [1.807, 2.05) is 6.26 Å². The minimum absolute atomic E-state index is 0.0468. The molecule has 1 aromatic heterocycles. The Labute approximate surface area is 207 Å². The summed E-state index contributed by atoms with van der Waals surface area (Å²) in [5.74, 6) is -4.38. The Morgan fingerprint density at radius 1 is 1.03 bits per heavy atom. The number of carboxylic acids is 2. The number of nitrogens with two attached hydrogens (primary N) is 1. The van der Waals surface area contributed by atoms with E-state index in [0.29, 0.717) is 17.9 Å². The molecule has 0 aliphatic carbocycles. The highest BCUT2D eigenvalue weighted by Gasteiger charge is 2.31. The molecule has 0 aliphatic heterocycles. The molecule has 3 amide bonds. The summed E-state index contributed by atoms with van der Waals surface area (Å²) in [5, 5.41) is 25.8. The minimum atomic E-state index is -1.27. The molecule has 35 heavy (non-hydrogen) atoms. The van der Waals surface area contributed by atoms with Crippen molar-refractivity contribution in [2.24, 2.45) is 11.7 Å². The van der Waals surface area contributed by atoms with Gasteiger partial charge in [-0.15, -0.1) is 0 Å². The van der Waals surface area contributed by atoms with Crippen LogP contribution >= 0.6 is 11.8 Å². The molecule has 4 atom stereocenters. The number of hydrogen-bond donors (Lipinski definition) is 7. The van der Waals surface area contributed by atoms with E-state index in [9.17, 15) is 29.1 Å². The number of carbonyl (C=O) groups excluding carboxylic acids is 3. The van der Waals surface area contributed by atoms with E-state index in [2.05, 4.69) is 25.9 Å². The van der Waals surface area contributed by atoms with Crippen molar-refractivity contribution in [1.29, 1.82) is 0 Å². The highest BCUT2D eigenvalue weighted by atomic mass is 32.2. The fourth-order valence-electron chi connectivity index (χ4n) is 3.06. The van der Waals surface area contributed by atoms with Crippen molar-refractivity contribution >= 4 is 41.4 Å². The SMILES string of the molecule is CSCCC(N)C(=O)NC(CCC(=O)O)C(=O)NC(Cc1cnc[nH]1)C(=O)NC(C(=O)O)C(C)C. The summed E-state index contributed by atoms with van der Waals surface area (Å²) >= 11 is 1.50. The number of nitrogens with zero attached hydrogens (tertiary/aromatic N) is 1. The normalized spacial score (nSPS) is 14.4. The van der Waals surface area contributed by atoms with Gasteiger partial charge in [0, 0.05) is 24.7 Å².